The standard InChI is InChI=1S/C10H12N2O2/c1-14-10(13)9-6-8(4-5-11-9)12-7-2-3-7/h4-7H,2-3H2,1H3,(H,11,12). The Hall–Kier alpha value is -1.58. The number of nitrogens with zero attached hydrogens (tertiary/aromatic N) is 1. The highest BCUT2D eigenvalue weighted by atomic mass is 16.5. The monoisotopic (exact) mass is 192 g/mol. The molecule has 4 nitrogen and oxygen atoms in total. The largest absolute Gasteiger partial charge is 0.464 e. The fraction of sp³-hybridized carbons (Fsp3) is 0.400. The van der Waals surface area contributed by atoms with Crippen molar-refractivity contribution in [1.29, 1.82) is 0 Å². The van der Waals surface area contributed by atoms with Gasteiger partial charge in [-0.15, -0.1) is 0 Å². The third-order valence-corrected chi connectivity index (χ3v) is 2.10. The Balaban J connectivity index is 2.12. The second-order valence-electron chi connectivity index (χ2n) is 3.34. The molecular formula is C10H12N2O2. The van der Waals surface area contributed by atoms with E-state index in [4.69, 9.17) is 0 Å². The van der Waals surface area contributed by atoms with Crippen molar-refractivity contribution in [2.45, 2.75) is 18.9 Å². The fourth-order valence-electron chi connectivity index (χ4n) is 1.20. The first-order valence-electron chi connectivity index (χ1n) is 4.60. The van der Waals surface area contributed by atoms with Gasteiger partial charge in [0.05, 0.1) is 7.11 Å². The van der Waals surface area contributed by atoms with Crippen LogP contribution in [-0.4, -0.2) is 24.1 Å². The van der Waals surface area contributed by atoms with E-state index in [0.29, 0.717) is 11.7 Å². The van der Waals surface area contributed by atoms with Crippen LogP contribution in [-0.2, 0) is 4.74 Å². The molecule has 0 saturated heterocycles. The number of methoxy groups -OCH3 is 1. The first-order valence-corrected chi connectivity index (χ1v) is 4.60. The molecule has 74 valence electrons. The van der Waals surface area contributed by atoms with Crippen molar-refractivity contribution in [3.05, 3.63) is 24.0 Å². The maximum atomic E-state index is 11.2. The van der Waals surface area contributed by atoms with Crippen LogP contribution in [0.25, 0.3) is 0 Å². The molecular weight excluding hydrogens is 180 g/mol. The summed E-state index contributed by atoms with van der Waals surface area (Å²) in [6.45, 7) is 0. The van der Waals surface area contributed by atoms with E-state index in [9.17, 15) is 4.79 Å². The topological polar surface area (TPSA) is 51.2 Å². The average molecular weight is 192 g/mol. The number of ether oxygens (including phenoxy) is 1. The molecule has 0 aromatic carbocycles. The molecule has 0 aliphatic heterocycles. The zero-order chi connectivity index (χ0) is 9.97. The van der Waals surface area contributed by atoms with Crippen molar-refractivity contribution in [2.75, 3.05) is 12.4 Å². The number of rotatable bonds is 3. The van der Waals surface area contributed by atoms with E-state index < -0.39 is 5.97 Å². The van der Waals surface area contributed by atoms with Gasteiger partial charge in [-0.3, -0.25) is 0 Å². The minimum Gasteiger partial charge on any atom is -0.464 e. The van der Waals surface area contributed by atoms with Gasteiger partial charge >= 0.3 is 5.97 Å². The van der Waals surface area contributed by atoms with Gasteiger partial charge in [-0.25, -0.2) is 9.78 Å². The summed E-state index contributed by atoms with van der Waals surface area (Å²) in [4.78, 5) is 15.1. The molecule has 0 amide bonds. The Bertz CT molecular complexity index is 348. The first kappa shape index (κ1) is 8.99. The van der Waals surface area contributed by atoms with E-state index in [1.165, 1.54) is 20.0 Å². The quantitative estimate of drug-likeness (QED) is 0.736. The number of pyridine rings is 1. The summed E-state index contributed by atoms with van der Waals surface area (Å²) in [5, 5.41) is 3.29. The summed E-state index contributed by atoms with van der Waals surface area (Å²) in [6.07, 6.45) is 4.02. The fourth-order valence-corrected chi connectivity index (χ4v) is 1.20. The number of hydrogen-bond acceptors (Lipinski definition) is 4. The Morgan fingerprint density at radius 2 is 2.43 bits per heavy atom. The Labute approximate surface area is 82.3 Å². The van der Waals surface area contributed by atoms with Gasteiger partial charge in [0, 0.05) is 17.9 Å². The summed E-state index contributed by atoms with van der Waals surface area (Å²) < 4.78 is 4.58. The number of carbonyl (C=O) groups excluding carboxylic acids is 1. The lowest BCUT2D eigenvalue weighted by molar-refractivity contribution is 0.0594. The molecule has 1 aliphatic carbocycles. The minimum absolute atomic E-state index is 0.346. The zero-order valence-corrected chi connectivity index (χ0v) is 7.99. The maximum Gasteiger partial charge on any atom is 0.356 e. The van der Waals surface area contributed by atoms with Gasteiger partial charge in [0.25, 0.3) is 0 Å². The highest BCUT2D eigenvalue weighted by molar-refractivity contribution is 5.88. The summed E-state index contributed by atoms with van der Waals surface area (Å²) in [7, 11) is 1.35. The van der Waals surface area contributed by atoms with Crippen LogP contribution in [0.4, 0.5) is 5.69 Å². The smallest absolute Gasteiger partial charge is 0.356 e. The molecule has 1 heterocycles. The highest BCUT2D eigenvalue weighted by Gasteiger charge is 2.21. The summed E-state index contributed by atoms with van der Waals surface area (Å²) in [6, 6.07) is 4.14. The van der Waals surface area contributed by atoms with Gasteiger partial charge in [-0.05, 0) is 25.0 Å². The molecule has 1 saturated carbocycles. The Morgan fingerprint density at radius 1 is 1.64 bits per heavy atom. The molecule has 0 bridgehead atoms. The summed E-state index contributed by atoms with van der Waals surface area (Å²) in [5.74, 6) is -0.399. The molecule has 1 N–H and O–H groups in total. The summed E-state index contributed by atoms with van der Waals surface area (Å²) >= 11 is 0. The lowest BCUT2D eigenvalue weighted by Crippen LogP contribution is -2.06. The number of nitrogens with one attached hydrogen (secondary N) is 1. The van der Waals surface area contributed by atoms with Crippen molar-refractivity contribution in [3.63, 3.8) is 0 Å². The van der Waals surface area contributed by atoms with E-state index in [-0.39, 0.29) is 0 Å². The number of aromatic nitrogens is 1. The van der Waals surface area contributed by atoms with E-state index >= 15 is 0 Å². The van der Waals surface area contributed by atoms with Gasteiger partial charge in [-0.1, -0.05) is 0 Å². The molecule has 0 spiro atoms. The van der Waals surface area contributed by atoms with Crippen LogP contribution in [0.3, 0.4) is 0 Å². The molecule has 2 rings (SSSR count). The van der Waals surface area contributed by atoms with Gasteiger partial charge < -0.3 is 10.1 Å². The van der Waals surface area contributed by atoms with E-state index in [1.807, 2.05) is 6.07 Å². The molecule has 0 radical (unpaired) electrons. The van der Waals surface area contributed by atoms with Crippen LogP contribution in [0.1, 0.15) is 23.3 Å². The third-order valence-electron chi connectivity index (χ3n) is 2.10. The van der Waals surface area contributed by atoms with Crippen molar-refractivity contribution in [2.24, 2.45) is 0 Å². The van der Waals surface area contributed by atoms with Crippen molar-refractivity contribution in [3.8, 4) is 0 Å². The SMILES string of the molecule is COC(=O)c1cc(NC2CC2)ccn1. The first-order chi connectivity index (χ1) is 6.79. The molecule has 0 atom stereocenters. The molecule has 4 heteroatoms. The van der Waals surface area contributed by atoms with Gasteiger partial charge in [0.1, 0.15) is 5.69 Å². The van der Waals surface area contributed by atoms with Crippen LogP contribution < -0.4 is 5.32 Å². The predicted octanol–water partition coefficient (Wildman–Crippen LogP) is 1.44. The number of anilines is 1. The van der Waals surface area contributed by atoms with Crippen LogP contribution in [0.15, 0.2) is 18.3 Å². The van der Waals surface area contributed by atoms with Gasteiger partial charge in [0.2, 0.25) is 0 Å². The van der Waals surface area contributed by atoms with Crippen molar-refractivity contribution < 1.29 is 9.53 Å². The van der Waals surface area contributed by atoms with E-state index in [2.05, 4.69) is 15.0 Å². The number of hydrogen-bond donors (Lipinski definition) is 1. The lowest BCUT2D eigenvalue weighted by Gasteiger charge is -2.04. The zero-order valence-electron chi connectivity index (χ0n) is 7.99. The van der Waals surface area contributed by atoms with Gasteiger partial charge in [0.15, 0.2) is 0 Å². The number of carbonyl (C=O) groups is 1. The molecule has 1 aromatic rings. The molecule has 1 aromatic heterocycles. The normalized spacial score (nSPS) is 14.9. The van der Waals surface area contributed by atoms with Gasteiger partial charge in [-0.2, -0.15) is 0 Å². The molecule has 1 aliphatic rings. The minimum atomic E-state index is -0.399. The third kappa shape index (κ3) is 2.02. The second-order valence-corrected chi connectivity index (χ2v) is 3.34. The maximum absolute atomic E-state index is 11.2. The number of esters is 1. The van der Waals surface area contributed by atoms with Crippen LogP contribution in [0.2, 0.25) is 0 Å². The van der Waals surface area contributed by atoms with E-state index in [1.54, 1.807) is 12.3 Å². The summed E-state index contributed by atoms with van der Waals surface area (Å²) in [5.41, 5.74) is 1.28. The Kier molecular flexibility index (Phi) is 2.35. The lowest BCUT2D eigenvalue weighted by atomic mass is 10.3. The Morgan fingerprint density at radius 3 is 3.07 bits per heavy atom. The van der Waals surface area contributed by atoms with Crippen molar-refractivity contribution >= 4 is 11.7 Å². The predicted molar refractivity (Wildman–Crippen MR) is 52.2 cm³/mol. The molecule has 14 heavy (non-hydrogen) atoms. The second kappa shape index (κ2) is 3.65. The van der Waals surface area contributed by atoms with Crippen molar-refractivity contribution in [1.82, 2.24) is 4.98 Å². The highest BCUT2D eigenvalue weighted by Crippen LogP contribution is 2.24. The molecule has 1 fully saturated rings. The van der Waals surface area contributed by atoms with Crippen LogP contribution >= 0.6 is 0 Å². The van der Waals surface area contributed by atoms with Crippen LogP contribution in [0, 0.1) is 0 Å². The molecule has 0 unspecified atom stereocenters. The van der Waals surface area contributed by atoms with Crippen LogP contribution in [0.5, 0.6) is 0 Å². The average Bonchev–Trinajstić information content (AvgIpc) is 3.01. The van der Waals surface area contributed by atoms with E-state index in [0.717, 1.165) is 5.69 Å².